The molecule has 1 atom stereocenters. The lowest BCUT2D eigenvalue weighted by atomic mass is 9.90. The molecule has 6 heteroatoms. The van der Waals surface area contributed by atoms with Crippen molar-refractivity contribution in [2.75, 3.05) is 5.32 Å². The number of anilines is 1. The van der Waals surface area contributed by atoms with E-state index >= 15 is 0 Å². The third kappa shape index (κ3) is 2.31. The van der Waals surface area contributed by atoms with Gasteiger partial charge >= 0.3 is 0 Å². The van der Waals surface area contributed by atoms with Crippen LogP contribution in [0.15, 0.2) is 36.5 Å². The molecule has 0 saturated heterocycles. The average molecular weight is 321 g/mol. The number of aromatic nitrogens is 4. The van der Waals surface area contributed by atoms with Gasteiger partial charge in [0.1, 0.15) is 11.6 Å². The van der Waals surface area contributed by atoms with Gasteiger partial charge in [0.2, 0.25) is 5.91 Å². The van der Waals surface area contributed by atoms with Crippen molar-refractivity contribution in [1.29, 1.82) is 0 Å². The number of H-pyrrole nitrogens is 1. The van der Waals surface area contributed by atoms with Gasteiger partial charge in [-0.1, -0.05) is 25.1 Å². The number of imidazole rings is 1. The average Bonchev–Trinajstić information content (AvgIpc) is 3.18. The standard InChI is InChI=1S/C18H19N5O/c1-3-15-20-11(2)17(21-15)13-9-16(24)22-18-14(13)10-19-23(18)12-7-5-4-6-8-12/h4-8,10,13H,3,9H2,1-2H3,(H,20,21)(H,22,24). The first-order chi connectivity index (χ1) is 11.7. The Morgan fingerprint density at radius 2 is 2.08 bits per heavy atom. The van der Waals surface area contributed by atoms with Gasteiger partial charge in [0.05, 0.1) is 17.6 Å². The third-order valence-electron chi connectivity index (χ3n) is 4.46. The maximum absolute atomic E-state index is 12.3. The van der Waals surface area contributed by atoms with E-state index in [1.54, 1.807) is 4.68 Å². The van der Waals surface area contributed by atoms with E-state index in [2.05, 4.69) is 22.3 Å². The summed E-state index contributed by atoms with van der Waals surface area (Å²) in [6, 6.07) is 9.81. The molecule has 0 saturated carbocycles. The van der Waals surface area contributed by atoms with Crippen LogP contribution >= 0.6 is 0 Å². The lowest BCUT2D eigenvalue weighted by Gasteiger charge is -2.22. The van der Waals surface area contributed by atoms with E-state index in [-0.39, 0.29) is 11.8 Å². The number of fused-ring (bicyclic) bond motifs is 1. The van der Waals surface area contributed by atoms with Gasteiger partial charge in [0, 0.05) is 30.0 Å². The number of rotatable bonds is 3. The summed E-state index contributed by atoms with van der Waals surface area (Å²) < 4.78 is 1.78. The summed E-state index contributed by atoms with van der Waals surface area (Å²) in [7, 11) is 0. The second kappa shape index (κ2) is 5.63. The molecule has 1 aliphatic rings. The van der Waals surface area contributed by atoms with Gasteiger partial charge in [-0.2, -0.15) is 5.10 Å². The van der Waals surface area contributed by atoms with Crippen molar-refractivity contribution in [2.45, 2.75) is 32.6 Å². The number of hydrogen-bond acceptors (Lipinski definition) is 3. The van der Waals surface area contributed by atoms with Crippen LogP contribution in [-0.4, -0.2) is 25.7 Å². The van der Waals surface area contributed by atoms with Crippen LogP contribution in [0.3, 0.4) is 0 Å². The highest BCUT2D eigenvalue weighted by Crippen LogP contribution is 2.38. The molecule has 1 aliphatic heterocycles. The van der Waals surface area contributed by atoms with Crippen molar-refractivity contribution in [1.82, 2.24) is 19.7 Å². The molecular formula is C18H19N5O. The monoisotopic (exact) mass is 321 g/mol. The minimum absolute atomic E-state index is 0.00868. The van der Waals surface area contributed by atoms with Gasteiger partial charge in [-0.25, -0.2) is 9.67 Å². The van der Waals surface area contributed by atoms with Crippen LogP contribution in [0.5, 0.6) is 0 Å². The summed E-state index contributed by atoms with van der Waals surface area (Å²) in [5, 5.41) is 7.47. The summed E-state index contributed by atoms with van der Waals surface area (Å²) in [5.74, 6) is 1.61. The van der Waals surface area contributed by atoms with Crippen molar-refractivity contribution < 1.29 is 4.79 Å². The Labute approximate surface area is 139 Å². The highest BCUT2D eigenvalue weighted by atomic mass is 16.1. The zero-order valence-electron chi connectivity index (χ0n) is 13.7. The molecule has 0 spiro atoms. The molecule has 122 valence electrons. The van der Waals surface area contributed by atoms with Crippen LogP contribution < -0.4 is 5.32 Å². The van der Waals surface area contributed by atoms with Crippen LogP contribution in [0.4, 0.5) is 5.82 Å². The molecule has 2 N–H and O–H groups in total. The Kier molecular flexibility index (Phi) is 3.45. The fourth-order valence-electron chi connectivity index (χ4n) is 3.27. The Hall–Kier alpha value is -2.89. The molecule has 0 radical (unpaired) electrons. The van der Waals surface area contributed by atoms with Gasteiger partial charge in [0.15, 0.2) is 0 Å². The lowest BCUT2D eigenvalue weighted by molar-refractivity contribution is -0.116. The van der Waals surface area contributed by atoms with Gasteiger partial charge in [-0.3, -0.25) is 4.79 Å². The minimum atomic E-state index is -0.0669. The second-order valence-corrected chi connectivity index (χ2v) is 6.05. The summed E-state index contributed by atoms with van der Waals surface area (Å²) in [6.07, 6.45) is 3.07. The number of para-hydroxylation sites is 1. The lowest BCUT2D eigenvalue weighted by Crippen LogP contribution is -2.25. The predicted molar refractivity (Wildman–Crippen MR) is 91.4 cm³/mol. The first-order valence-corrected chi connectivity index (χ1v) is 8.16. The van der Waals surface area contributed by atoms with E-state index < -0.39 is 0 Å². The molecule has 3 aromatic rings. The number of benzene rings is 1. The van der Waals surface area contributed by atoms with Crippen molar-refractivity contribution in [3.8, 4) is 5.69 Å². The number of carbonyl (C=O) groups excluding carboxylic acids is 1. The normalized spacial score (nSPS) is 16.8. The number of hydrogen-bond donors (Lipinski definition) is 2. The van der Waals surface area contributed by atoms with Gasteiger partial charge in [-0.05, 0) is 19.1 Å². The molecule has 6 nitrogen and oxygen atoms in total. The van der Waals surface area contributed by atoms with Crippen molar-refractivity contribution in [3.63, 3.8) is 0 Å². The first kappa shape index (κ1) is 14.7. The Morgan fingerprint density at radius 3 is 2.79 bits per heavy atom. The highest BCUT2D eigenvalue weighted by molar-refractivity contribution is 5.94. The summed E-state index contributed by atoms with van der Waals surface area (Å²) in [5.41, 5.74) is 3.89. The molecular weight excluding hydrogens is 302 g/mol. The summed E-state index contributed by atoms with van der Waals surface area (Å²) in [6.45, 7) is 4.07. The topological polar surface area (TPSA) is 75.6 Å². The second-order valence-electron chi connectivity index (χ2n) is 6.05. The largest absolute Gasteiger partial charge is 0.346 e. The fraction of sp³-hybridized carbons (Fsp3) is 0.278. The number of nitrogens with one attached hydrogen (secondary N) is 2. The molecule has 0 bridgehead atoms. The maximum Gasteiger partial charge on any atom is 0.226 e. The van der Waals surface area contributed by atoms with E-state index in [1.165, 1.54) is 0 Å². The highest BCUT2D eigenvalue weighted by Gasteiger charge is 2.32. The Morgan fingerprint density at radius 1 is 1.29 bits per heavy atom. The van der Waals surface area contributed by atoms with E-state index in [0.717, 1.165) is 40.7 Å². The molecule has 4 rings (SSSR count). The molecule has 2 aromatic heterocycles. The van der Waals surface area contributed by atoms with Crippen molar-refractivity contribution in [2.24, 2.45) is 0 Å². The Bertz CT molecular complexity index is 894. The molecule has 1 unspecified atom stereocenters. The quantitative estimate of drug-likeness (QED) is 0.779. The summed E-state index contributed by atoms with van der Waals surface area (Å²) in [4.78, 5) is 20.3. The van der Waals surface area contributed by atoms with Gasteiger partial charge in [-0.15, -0.1) is 0 Å². The van der Waals surface area contributed by atoms with E-state index in [4.69, 9.17) is 4.98 Å². The van der Waals surface area contributed by atoms with Crippen LogP contribution in [0.1, 0.15) is 42.0 Å². The zero-order valence-corrected chi connectivity index (χ0v) is 13.7. The van der Waals surface area contributed by atoms with E-state index in [0.29, 0.717) is 6.42 Å². The number of amides is 1. The first-order valence-electron chi connectivity index (χ1n) is 8.16. The van der Waals surface area contributed by atoms with Crippen molar-refractivity contribution in [3.05, 3.63) is 59.3 Å². The maximum atomic E-state index is 12.3. The third-order valence-corrected chi connectivity index (χ3v) is 4.46. The number of nitrogens with zero attached hydrogens (tertiary/aromatic N) is 3. The zero-order chi connectivity index (χ0) is 16.7. The molecule has 1 aromatic carbocycles. The van der Waals surface area contributed by atoms with Crippen LogP contribution in [0.2, 0.25) is 0 Å². The van der Waals surface area contributed by atoms with Gasteiger partial charge in [0.25, 0.3) is 0 Å². The molecule has 24 heavy (non-hydrogen) atoms. The van der Waals surface area contributed by atoms with Crippen LogP contribution in [0.25, 0.3) is 5.69 Å². The predicted octanol–water partition coefficient (Wildman–Crippen LogP) is 2.94. The smallest absolute Gasteiger partial charge is 0.226 e. The molecule has 0 aliphatic carbocycles. The number of aromatic amines is 1. The Balaban J connectivity index is 1.82. The van der Waals surface area contributed by atoms with Gasteiger partial charge < -0.3 is 10.3 Å². The van der Waals surface area contributed by atoms with E-state index in [1.807, 2.05) is 43.5 Å². The molecule has 3 heterocycles. The van der Waals surface area contributed by atoms with Crippen LogP contribution in [-0.2, 0) is 11.2 Å². The van der Waals surface area contributed by atoms with E-state index in [9.17, 15) is 4.79 Å². The number of carbonyl (C=O) groups is 1. The van der Waals surface area contributed by atoms with Crippen molar-refractivity contribution >= 4 is 11.7 Å². The van der Waals surface area contributed by atoms with Crippen LogP contribution in [0, 0.1) is 6.92 Å². The number of aryl methyl sites for hydroxylation is 2. The SMILES string of the molecule is CCc1nc(C2CC(=O)Nc3c2cnn3-c2ccccc2)c(C)[nH]1. The minimum Gasteiger partial charge on any atom is -0.346 e. The fourth-order valence-corrected chi connectivity index (χ4v) is 3.27. The molecule has 0 fully saturated rings. The summed E-state index contributed by atoms with van der Waals surface area (Å²) >= 11 is 0. The molecule has 1 amide bonds.